The summed E-state index contributed by atoms with van der Waals surface area (Å²) in [4.78, 5) is 0. The van der Waals surface area contributed by atoms with E-state index >= 15 is 0 Å². The Morgan fingerprint density at radius 3 is 2.09 bits per heavy atom. The zero-order chi connectivity index (χ0) is 15.6. The predicted molar refractivity (Wildman–Crippen MR) is 96.5 cm³/mol. The summed E-state index contributed by atoms with van der Waals surface area (Å²) >= 11 is 0. The molecule has 0 aliphatic heterocycles. The Morgan fingerprint density at radius 1 is 0.522 bits per heavy atom. The minimum absolute atomic E-state index is 0.314. The van der Waals surface area contributed by atoms with Crippen molar-refractivity contribution in [2.75, 3.05) is 0 Å². The molecule has 0 heterocycles. The largest absolute Gasteiger partial charge is 0.507 e. The van der Waals surface area contributed by atoms with Gasteiger partial charge < -0.3 is 5.11 Å². The summed E-state index contributed by atoms with van der Waals surface area (Å²) in [5.74, 6) is 0.314. The monoisotopic (exact) mass is 296 g/mol. The Bertz CT molecular complexity index is 971. The molecule has 23 heavy (non-hydrogen) atoms. The van der Waals surface area contributed by atoms with Crippen LogP contribution in [0.5, 0.6) is 5.75 Å². The summed E-state index contributed by atoms with van der Waals surface area (Å²) in [6, 6.07) is 30.5. The molecule has 0 spiro atoms. The van der Waals surface area contributed by atoms with Gasteiger partial charge in [-0.1, -0.05) is 78.9 Å². The molecule has 1 nitrogen and oxygen atoms in total. The first kappa shape index (κ1) is 13.6. The van der Waals surface area contributed by atoms with Crippen LogP contribution in [0.1, 0.15) is 0 Å². The van der Waals surface area contributed by atoms with E-state index in [0.717, 1.165) is 27.5 Å². The summed E-state index contributed by atoms with van der Waals surface area (Å²) < 4.78 is 0. The fourth-order valence-electron chi connectivity index (χ4n) is 3.05. The molecule has 4 aromatic rings. The van der Waals surface area contributed by atoms with Crippen molar-refractivity contribution < 1.29 is 5.11 Å². The van der Waals surface area contributed by atoms with E-state index in [1.807, 2.05) is 48.5 Å². The van der Waals surface area contributed by atoms with Gasteiger partial charge in [0, 0.05) is 5.56 Å². The van der Waals surface area contributed by atoms with Gasteiger partial charge in [-0.3, -0.25) is 0 Å². The molecule has 0 bridgehead atoms. The standard InChI is InChI=1S/C22H16O/c23-21-14-13-17-9-4-5-12-20(17)22(21)19-11-6-10-18(15-19)16-7-2-1-3-8-16/h1-15,23H. The van der Waals surface area contributed by atoms with Gasteiger partial charge >= 0.3 is 0 Å². The molecule has 1 heteroatoms. The van der Waals surface area contributed by atoms with Crippen LogP contribution in [-0.2, 0) is 0 Å². The molecule has 0 saturated heterocycles. The number of hydrogen-bond acceptors (Lipinski definition) is 1. The van der Waals surface area contributed by atoms with Crippen LogP contribution in [-0.4, -0.2) is 5.11 Å². The SMILES string of the molecule is Oc1ccc2ccccc2c1-c1cccc(-c2ccccc2)c1. The van der Waals surface area contributed by atoms with Crippen LogP contribution in [0.3, 0.4) is 0 Å². The van der Waals surface area contributed by atoms with Crippen LogP contribution in [0, 0.1) is 0 Å². The van der Waals surface area contributed by atoms with Crippen LogP contribution in [0.4, 0.5) is 0 Å². The summed E-state index contributed by atoms with van der Waals surface area (Å²) in [6.45, 7) is 0. The van der Waals surface area contributed by atoms with Gasteiger partial charge in [-0.25, -0.2) is 0 Å². The Morgan fingerprint density at radius 2 is 1.22 bits per heavy atom. The highest BCUT2D eigenvalue weighted by atomic mass is 16.3. The highest BCUT2D eigenvalue weighted by Gasteiger charge is 2.10. The molecule has 4 aromatic carbocycles. The van der Waals surface area contributed by atoms with Gasteiger partial charge in [0.2, 0.25) is 0 Å². The number of rotatable bonds is 2. The predicted octanol–water partition coefficient (Wildman–Crippen LogP) is 5.88. The number of phenolic OH excluding ortho intramolecular Hbond substituents is 1. The average molecular weight is 296 g/mol. The summed E-state index contributed by atoms with van der Waals surface area (Å²) in [6.07, 6.45) is 0. The lowest BCUT2D eigenvalue weighted by molar-refractivity contribution is 0.478. The molecule has 0 amide bonds. The first-order valence-corrected chi connectivity index (χ1v) is 7.69. The number of benzene rings is 4. The summed E-state index contributed by atoms with van der Waals surface area (Å²) in [5.41, 5.74) is 4.24. The number of hydrogen-bond donors (Lipinski definition) is 1. The second-order valence-corrected chi connectivity index (χ2v) is 5.63. The molecule has 0 aliphatic carbocycles. The third-order valence-corrected chi connectivity index (χ3v) is 4.17. The van der Waals surface area contributed by atoms with Crippen molar-refractivity contribution in [2.45, 2.75) is 0 Å². The van der Waals surface area contributed by atoms with Crippen molar-refractivity contribution in [1.82, 2.24) is 0 Å². The molecule has 0 radical (unpaired) electrons. The van der Waals surface area contributed by atoms with E-state index in [4.69, 9.17) is 0 Å². The van der Waals surface area contributed by atoms with Crippen LogP contribution in [0.15, 0.2) is 91.0 Å². The number of aromatic hydroxyl groups is 1. The van der Waals surface area contributed by atoms with Crippen LogP contribution < -0.4 is 0 Å². The molecule has 1 N–H and O–H groups in total. The second-order valence-electron chi connectivity index (χ2n) is 5.63. The number of fused-ring (bicyclic) bond motifs is 1. The van der Waals surface area contributed by atoms with Gasteiger partial charge in [-0.05, 0) is 39.6 Å². The maximum Gasteiger partial charge on any atom is 0.124 e. The normalized spacial score (nSPS) is 10.8. The maximum absolute atomic E-state index is 10.4. The molecule has 0 unspecified atom stereocenters. The Kier molecular flexibility index (Phi) is 3.32. The Hall–Kier alpha value is -3.06. The van der Waals surface area contributed by atoms with Crippen molar-refractivity contribution >= 4 is 10.8 Å². The topological polar surface area (TPSA) is 20.2 Å². The lowest BCUT2D eigenvalue weighted by Gasteiger charge is -2.11. The fraction of sp³-hybridized carbons (Fsp3) is 0. The lowest BCUT2D eigenvalue weighted by atomic mass is 9.94. The van der Waals surface area contributed by atoms with E-state index in [2.05, 4.69) is 36.4 Å². The third kappa shape index (κ3) is 2.47. The zero-order valence-corrected chi connectivity index (χ0v) is 12.6. The molecule has 0 aliphatic rings. The van der Waals surface area contributed by atoms with E-state index in [1.165, 1.54) is 5.56 Å². The smallest absolute Gasteiger partial charge is 0.124 e. The summed E-state index contributed by atoms with van der Waals surface area (Å²) in [7, 11) is 0. The molecule has 0 saturated carbocycles. The van der Waals surface area contributed by atoms with Crippen molar-refractivity contribution in [1.29, 1.82) is 0 Å². The van der Waals surface area contributed by atoms with E-state index in [-0.39, 0.29) is 0 Å². The van der Waals surface area contributed by atoms with Crippen LogP contribution >= 0.6 is 0 Å². The molecular weight excluding hydrogens is 280 g/mol. The first-order chi connectivity index (χ1) is 11.3. The minimum atomic E-state index is 0.314. The average Bonchev–Trinajstić information content (AvgIpc) is 2.62. The van der Waals surface area contributed by atoms with Crippen molar-refractivity contribution in [3.63, 3.8) is 0 Å². The highest BCUT2D eigenvalue weighted by molar-refractivity contribution is 6.00. The second kappa shape index (κ2) is 5.62. The van der Waals surface area contributed by atoms with Gasteiger partial charge in [0.25, 0.3) is 0 Å². The maximum atomic E-state index is 10.4. The molecule has 0 fully saturated rings. The van der Waals surface area contributed by atoms with Gasteiger partial charge in [0.1, 0.15) is 5.75 Å². The molecule has 4 rings (SSSR count). The first-order valence-electron chi connectivity index (χ1n) is 7.69. The van der Waals surface area contributed by atoms with Gasteiger partial charge in [0.05, 0.1) is 0 Å². The third-order valence-electron chi connectivity index (χ3n) is 4.17. The minimum Gasteiger partial charge on any atom is -0.507 e. The zero-order valence-electron chi connectivity index (χ0n) is 12.6. The number of phenols is 1. The molecule has 0 aromatic heterocycles. The van der Waals surface area contributed by atoms with Crippen molar-refractivity contribution in [3.05, 3.63) is 91.0 Å². The lowest BCUT2D eigenvalue weighted by Crippen LogP contribution is -1.84. The van der Waals surface area contributed by atoms with E-state index in [1.54, 1.807) is 6.07 Å². The van der Waals surface area contributed by atoms with E-state index in [9.17, 15) is 5.11 Å². The van der Waals surface area contributed by atoms with E-state index in [0.29, 0.717) is 5.75 Å². The Labute approximate surface area is 135 Å². The molecule has 0 atom stereocenters. The quantitative estimate of drug-likeness (QED) is 0.490. The van der Waals surface area contributed by atoms with Crippen LogP contribution in [0.2, 0.25) is 0 Å². The van der Waals surface area contributed by atoms with Gasteiger partial charge in [-0.2, -0.15) is 0 Å². The summed E-state index contributed by atoms with van der Waals surface area (Å²) in [5, 5.41) is 12.6. The highest BCUT2D eigenvalue weighted by Crippen LogP contribution is 2.37. The Balaban J connectivity index is 1.94. The van der Waals surface area contributed by atoms with E-state index < -0.39 is 0 Å². The van der Waals surface area contributed by atoms with Crippen molar-refractivity contribution in [2.24, 2.45) is 0 Å². The van der Waals surface area contributed by atoms with Gasteiger partial charge in [0.15, 0.2) is 0 Å². The van der Waals surface area contributed by atoms with Crippen LogP contribution in [0.25, 0.3) is 33.0 Å². The molecular formula is C22H16O. The van der Waals surface area contributed by atoms with Gasteiger partial charge in [-0.15, -0.1) is 0 Å². The van der Waals surface area contributed by atoms with Crippen molar-refractivity contribution in [3.8, 4) is 28.0 Å². The molecule has 110 valence electrons. The fourth-order valence-corrected chi connectivity index (χ4v) is 3.05.